The second-order valence-electron chi connectivity index (χ2n) is 3.75. The molecule has 0 bridgehead atoms. The van der Waals surface area contributed by atoms with Crippen LogP contribution in [-0.4, -0.2) is 38.2 Å². The quantitative estimate of drug-likeness (QED) is 0.394. The van der Waals surface area contributed by atoms with Crippen molar-refractivity contribution in [1.29, 1.82) is 0 Å². The molecule has 0 aliphatic rings. The summed E-state index contributed by atoms with van der Waals surface area (Å²) >= 11 is 0. The number of halogens is 1. The summed E-state index contributed by atoms with van der Waals surface area (Å²) in [6.45, 7) is 5.94. The molecule has 0 saturated heterocycles. The summed E-state index contributed by atoms with van der Waals surface area (Å²) in [7, 11) is 0. The largest absolute Gasteiger partial charge is 3.00 e. The molecule has 0 amide bonds. The van der Waals surface area contributed by atoms with Gasteiger partial charge in [0, 0.05) is 12.4 Å². The first-order chi connectivity index (χ1) is 10.4. The van der Waals surface area contributed by atoms with Gasteiger partial charge in [-0.25, -0.2) is 0 Å². The summed E-state index contributed by atoms with van der Waals surface area (Å²) < 4.78 is 0. The molecule has 0 atom stereocenters. The first-order valence-corrected chi connectivity index (χ1v) is 6.01. The van der Waals surface area contributed by atoms with Gasteiger partial charge in [-0.05, 0) is 39.8 Å². The molecule has 0 aliphatic carbocycles. The molecule has 1 aromatic rings. The summed E-state index contributed by atoms with van der Waals surface area (Å²) in [6, 6.07) is 5.72. The molecule has 0 spiro atoms. The van der Waals surface area contributed by atoms with E-state index in [4.69, 9.17) is 10.4 Å². The number of hydrogen-bond acceptors (Lipinski definition) is 9. The van der Waals surface area contributed by atoms with Crippen molar-refractivity contribution < 1.29 is 39.6 Å². The molecule has 1 rings (SSSR count). The van der Waals surface area contributed by atoms with E-state index in [2.05, 4.69) is 25.6 Å². The van der Waals surface area contributed by atoms with Crippen LogP contribution in [-0.2, 0) is 16.8 Å². The molecule has 1 aromatic heterocycles. The van der Waals surface area contributed by atoms with Crippen molar-refractivity contribution in [2.45, 2.75) is 27.7 Å². The Morgan fingerprint density at radius 3 is 1.17 bits per heavy atom. The first kappa shape index (κ1) is 29.8. The zero-order chi connectivity index (χ0) is 17.4. The fourth-order valence-corrected chi connectivity index (χ4v) is 0.589. The van der Waals surface area contributed by atoms with E-state index >= 15 is 0 Å². The number of rotatable bonds is 2. The van der Waals surface area contributed by atoms with Crippen LogP contribution in [0.15, 0.2) is 51.2 Å². The summed E-state index contributed by atoms with van der Waals surface area (Å²) in [4.78, 5) is 3.78. The third-order valence-electron chi connectivity index (χ3n) is 2.19. The smallest absolute Gasteiger partial charge is 1.00 e. The van der Waals surface area contributed by atoms with Gasteiger partial charge in [0.2, 0.25) is 0 Å². The number of pyridine rings is 1. The van der Waals surface area contributed by atoms with E-state index in [1.54, 1.807) is 12.4 Å². The summed E-state index contributed by atoms with van der Waals surface area (Å²) in [6.07, 6.45) is 3.50. The van der Waals surface area contributed by atoms with Crippen molar-refractivity contribution in [2.24, 2.45) is 20.6 Å². The van der Waals surface area contributed by atoms with Crippen LogP contribution >= 0.6 is 0 Å². The van der Waals surface area contributed by atoms with Crippen LogP contribution in [0.2, 0.25) is 0 Å². The van der Waals surface area contributed by atoms with E-state index in [1.165, 1.54) is 27.7 Å². The molecule has 0 aromatic carbocycles. The zero-order valence-electron chi connectivity index (χ0n) is 13.5. The molecular weight excluding hydrogens is 385 g/mol. The Hall–Kier alpha value is -2.17. The van der Waals surface area contributed by atoms with Crippen LogP contribution < -0.4 is 12.4 Å². The first-order valence-electron chi connectivity index (χ1n) is 6.01. The molecule has 0 saturated carbocycles. The Morgan fingerprint density at radius 1 is 0.750 bits per heavy atom. The van der Waals surface area contributed by atoms with Crippen molar-refractivity contribution in [3.63, 3.8) is 0 Å². The van der Waals surface area contributed by atoms with Crippen molar-refractivity contribution in [2.75, 3.05) is 0 Å². The average molecular weight is 404 g/mol. The van der Waals surface area contributed by atoms with Crippen LogP contribution in [0, 0.1) is 10.4 Å². The Morgan fingerprint density at radius 2 is 1.08 bits per heavy atom. The van der Waals surface area contributed by atoms with Crippen molar-refractivity contribution >= 4 is 22.8 Å². The van der Waals surface area contributed by atoms with Crippen LogP contribution in [0.5, 0.6) is 0 Å². The predicted octanol–water partition coefficient (Wildman–Crippen LogP) is -0.326. The van der Waals surface area contributed by atoms with Gasteiger partial charge in [0.15, 0.2) is 0 Å². The minimum atomic E-state index is 0. The van der Waals surface area contributed by atoms with Gasteiger partial charge in [-0.3, -0.25) is 4.98 Å². The van der Waals surface area contributed by atoms with E-state index in [1.807, 2.05) is 18.2 Å². The van der Waals surface area contributed by atoms with Gasteiger partial charge < -0.3 is 43.5 Å². The molecule has 11 heteroatoms. The van der Waals surface area contributed by atoms with Gasteiger partial charge in [0.05, 0.1) is 22.8 Å². The maximum atomic E-state index is 9.63. The summed E-state index contributed by atoms with van der Waals surface area (Å²) in [5.41, 5.74) is 0.903. The third kappa shape index (κ3) is 17.9. The van der Waals surface area contributed by atoms with Gasteiger partial charge in [0.25, 0.3) is 0 Å². The van der Waals surface area contributed by atoms with Gasteiger partial charge in [-0.1, -0.05) is 16.4 Å². The van der Waals surface area contributed by atoms with Crippen molar-refractivity contribution in [3.05, 3.63) is 41.0 Å². The molecule has 1 heterocycles. The van der Waals surface area contributed by atoms with Gasteiger partial charge in [-0.2, -0.15) is 0 Å². The molecule has 0 unspecified atom stereocenters. The SMILES string of the molecule is CC(=N[O-])C(C)=NO.CC(=N[O-])C(C)=NO.[Cl-].[Co+3].c1ccncc1. The average Bonchev–Trinajstić information content (AvgIpc) is 2.61. The van der Waals surface area contributed by atoms with E-state index in [0.29, 0.717) is 0 Å². The second kappa shape index (κ2) is 20.8. The van der Waals surface area contributed by atoms with E-state index in [0.717, 1.165) is 0 Å². The maximum absolute atomic E-state index is 9.63. The molecular formula is C13H19ClCoN5O4. The molecule has 0 aliphatic heterocycles. The Kier molecular flexibility index (Phi) is 25.9. The number of hydrogen-bond donors (Lipinski definition) is 2. The summed E-state index contributed by atoms with van der Waals surface area (Å²) in [5.74, 6) is 0. The zero-order valence-corrected chi connectivity index (χ0v) is 15.3. The van der Waals surface area contributed by atoms with E-state index in [9.17, 15) is 10.4 Å². The van der Waals surface area contributed by atoms with Crippen LogP contribution in [0.3, 0.4) is 0 Å². The molecule has 136 valence electrons. The Balaban J connectivity index is -0.000000121. The fourth-order valence-electron chi connectivity index (χ4n) is 0.589. The molecule has 0 fully saturated rings. The van der Waals surface area contributed by atoms with E-state index < -0.39 is 0 Å². The third-order valence-corrected chi connectivity index (χ3v) is 2.19. The van der Waals surface area contributed by atoms with Crippen molar-refractivity contribution in [3.8, 4) is 0 Å². The Labute approximate surface area is 157 Å². The fraction of sp³-hybridized carbons (Fsp3) is 0.308. The minimum Gasteiger partial charge on any atom is -1.00 e. The number of oxime groups is 2. The maximum Gasteiger partial charge on any atom is 3.00 e. The molecule has 24 heavy (non-hydrogen) atoms. The van der Waals surface area contributed by atoms with Crippen LogP contribution in [0.25, 0.3) is 0 Å². The van der Waals surface area contributed by atoms with Gasteiger partial charge in [-0.15, -0.1) is 0 Å². The summed E-state index contributed by atoms with van der Waals surface area (Å²) in [5, 5.41) is 45.8. The van der Waals surface area contributed by atoms with Crippen LogP contribution in [0.4, 0.5) is 0 Å². The molecule has 9 nitrogen and oxygen atoms in total. The molecule has 2 N–H and O–H groups in total. The van der Waals surface area contributed by atoms with Gasteiger partial charge >= 0.3 is 16.8 Å². The van der Waals surface area contributed by atoms with Gasteiger partial charge in [0.1, 0.15) is 0 Å². The monoisotopic (exact) mass is 403 g/mol. The topological polar surface area (TPSA) is 149 Å². The van der Waals surface area contributed by atoms with E-state index in [-0.39, 0.29) is 52.0 Å². The minimum absolute atomic E-state index is 0. The van der Waals surface area contributed by atoms with Crippen LogP contribution in [0.1, 0.15) is 27.7 Å². The Bertz CT molecular complexity index is 434. The standard InChI is InChI=1S/C5H5N.2C4H8N2O2.ClH.Co/c1-2-4-6-5-3-1;2*1-3(5-7)4(2)6-8;;/h1-5H;2*7-8H,1-2H3;1H;/q;;;;+3/p-3. The van der Waals surface area contributed by atoms with Crippen molar-refractivity contribution in [1.82, 2.24) is 4.98 Å². The normalized spacial score (nSPS) is 11.5. The second-order valence-corrected chi connectivity index (χ2v) is 3.75. The number of nitrogens with zero attached hydrogens (tertiary/aromatic N) is 5. The predicted molar refractivity (Wildman–Crippen MR) is 87.0 cm³/mol. The number of aromatic nitrogens is 1. The molecule has 0 radical (unpaired) electrons.